The smallest absolute Gasteiger partial charge is 0.208 e. The van der Waals surface area contributed by atoms with E-state index in [1.807, 2.05) is 6.20 Å². The highest BCUT2D eigenvalue weighted by atomic mass is 16.4. The fourth-order valence-corrected chi connectivity index (χ4v) is 2.86. The molecule has 1 atom stereocenters. The largest absolute Gasteiger partial charge is 0.444 e. The third-order valence-electron chi connectivity index (χ3n) is 3.96. The standard InChI is InChI=1S/C15H22N4O/c1-3-13-8-16-15(20-13)10-19-6-4-5-12(9-19)14-7-11(2)17-18-14/h7-8,12H,3-6,9-10H2,1-2H3,(H,17,18)/t12-/m1/s1. The summed E-state index contributed by atoms with van der Waals surface area (Å²) in [5, 5.41) is 7.45. The van der Waals surface area contributed by atoms with E-state index in [0.29, 0.717) is 5.92 Å². The van der Waals surface area contributed by atoms with Crippen LogP contribution in [0.1, 0.15) is 48.7 Å². The minimum Gasteiger partial charge on any atom is -0.444 e. The van der Waals surface area contributed by atoms with Crippen LogP contribution in [-0.4, -0.2) is 33.2 Å². The number of aryl methyl sites for hydroxylation is 2. The Morgan fingerprint density at radius 3 is 3.10 bits per heavy atom. The molecule has 0 saturated carbocycles. The molecule has 0 unspecified atom stereocenters. The second kappa shape index (κ2) is 5.79. The number of nitrogens with zero attached hydrogens (tertiary/aromatic N) is 3. The van der Waals surface area contributed by atoms with Gasteiger partial charge in [-0.25, -0.2) is 4.98 Å². The third kappa shape index (κ3) is 2.93. The number of aromatic amines is 1. The van der Waals surface area contributed by atoms with Gasteiger partial charge in [0.1, 0.15) is 5.76 Å². The molecule has 3 heterocycles. The van der Waals surface area contributed by atoms with Crippen LogP contribution in [0.25, 0.3) is 0 Å². The second-order valence-electron chi connectivity index (χ2n) is 5.62. The first-order valence-electron chi connectivity index (χ1n) is 7.42. The van der Waals surface area contributed by atoms with E-state index >= 15 is 0 Å². The normalized spacial score (nSPS) is 20.4. The van der Waals surface area contributed by atoms with Gasteiger partial charge in [-0.05, 0) is 32.4 Å². The van der Waals surface area contributed by atoms with Crippen LogP contribution >= 0.6 is 0 Å². The highest BCUT2D eigenvalue weighted by molar-refractivity contribution is 5.13. The minimum atomic E-state index is 0.523. The SMILES string of the molecule is CCc1cnc(CN2CCC[C@@H](c3cc(C)[nH]n3)C2)o1. The fraction of sp³-hybridized carbons (Fsp3) is 0.600. The Labute approximate surface area is 119 Å². The summed E-state index contributed by atoms with van der Waals surface area (Å²) in [4.78, 5) is 6.77. The van der Waals surface area contributed by atoms with Crippen molar-refractivity contribution in [3.05, 3.63) is 35.3 Å². The number of hydrogen-bond donors (Lipinski definition) is 1. The molecule has 0 aliphatic carbocycles. The summed E-state index contributed by atoms with van der Waals surface area (Å²) < 4.78 is 5.71. The lowest BCUT2D eigenvalue weighted by molar-refractivity contribution is 0.181. The maximum absolute atomic E-state index is 5.71. The average Bonchev–Trinajstić information content (AvgIpc) is 3.08. The zero-order chi connectivity index (χ0) is 13.9. The summed E-state index contributed by atoms with van der Waals surface area (Å²) in [7, 11) is 0. The van der Waals surface area contributed by atoms with Gasteiger partial charge in [0.05, 0.1) is 18.4 Å². The van der Waals surface area contributed by atoms with Gasteiger partial charge in [-0.15, -0.1) is 0 Å². The van der Waals surface area contributed by atoms with Gasteiger partial charge in [-0.3, -0.25) is 10.00 Å². The fourth-order valence-electron chi connectivity index (χ4n) is 2.86. The number of rotatable bonds is 4. The van der Waals surface area contributed by atoms with Gasteiger partial charge >= 0.3 is 0 Å². The summed E-state index contributed by atoms with van der Waals surface area (Å²) in [6, 6.07) is 2.16. The van der Waals surface area contributed by atoms with Gasteiger partial charge in [0, 0.05) is 24.6 Å². The number of aromatic nitrogens is 3. The summed E-state index contributed by atoms with van der Waals surface area (Å²) in [5.41, 5.74) is 2.33. The van der Waals surface area contributed by atoms with E-state index in [4.69, 9.17) is 4.42 Å². The minimum absolute atomic E-state index is 0.523. The van der Waals surface area contributed by atoms with Gasteiger partial charge in [-0.2, -0.15) is 5.10 Å². The molecule has 5 heteroatoms. The summed E-state index contributed by atoms with van der Waals surface area (Å²) in [6.45, 7) is 7.09. The molecule has 5 nitrogen and oxygen atoms in total. The van der Waals surface area contributed by atoms with Crippen molar-refractivity contribution in [3.63, 3.8) is 0 Å². The zero-order valence-corrected chi connectivity index (χ0v) is 12.2. The molecule has 2 aromatic rings. The van der Waals surface area contributed by atoms with Crippen molar-refractivity contribution in [1.29, 1.82) is 0 Å². The lowest BCUT2D eigenvalue weighted by Gasteiger charge is -2.30. The predicted octanol–water partition coefficient (Wildman–Crippen LogP) is 2.65. The molecule has 1 N–H and O–H groups in total. The lowest BCUT2D eigenvalue weighted by atomic mass is 9.95. The molecule has 2 aromatic heterocycles. The number of piperidine rings is 1. The molecule has 20 heavy (non-hydrogen) atoms. The van der Waals surface area contributed by atoms with Crippen LogP contribution in [0.4, 0.5) is 0 Å². The molecule has 0 amide bonds. The number of likely N-dealkylation sites (tertiary alicyclic amines) is 1. The van der Waals surface area contributed by atoms with Crippen molar-refractivity contribution in [2.75, 3.05) is 13.1 Å². The Kier molecular flexibility index (Phi) is 3.87. The number of oxazole rings is 1. The van der Waals surface area contributed by atoms with E-state index in [9.17, 15) is 0 Å². The van der Waals surface area contributed by atoms with Crippen LogP contribution in [0, 0.1) is 6.92 Å². The van der Waals surface area contributed by atoms with E-state index < -0.39 is 0 Å². The molecule has 1 fully saturated rings. The summed E-state index contributed by atoms with van der Waals surface area (Å²) >= 11 is 0. The molecular formula is C15H22N4O. The Hall–Kier alpha value is -1.62. The second-order valence-corrected chi connectivity index (χ2v) is 5.62. The Bertz CT molecular complexity index is 560. The van der Waals surface area contributed by atoms with Gasteiger partial charge < -0.3 is 4.42 Å². The quantitative estimate of drug-likeness (QED) is 0.931. The first kappa shape index (κ1) is 13.4. The van der Waals surface area contributed by atoms with Crippen molar-refractivity contribution >= 4 is 0 Å². The molecule has 0 aromatic carbocycles. The van der Waals surface area contributed by atoms with Gasteiger partial charge in [0.25, 0.3) is 0 Å². The lowest BCUT2D eigenvalue weighted by Crippen LogP contribution is -2.34. The maximum atomic E-state index is 5.71. The van der Waals surface area contributed by atoms with Gasteiger partial charge in [0.15, 0.2) is 0 Å². The Balaban J connectivity index is 1.63. The summed E-state index contributed by atoms with van der Waals surface area (Å²) in [6.07, 6.45) is 5.17. The van der Waals surface area contributed by atoms with Gasteiger partial charge in [-0.1, -0.05) is 6.92 Å². The molecule has 0 radical (unpaired) electrons. The van der Waals surface area contributed by atoms with Gasteiger partial charge in [0.2, 0.25) is 5.89 Å². The molecule has 1 saturated heterocycles. The Morgan fingerprint density at radius 1 is 1.50 bits per heavy atom. The van der Waals surface area contributed by atoms with E-state index in [1.165, 1.54) is 18.5 Å². The van der Waals surface area contributed by atoms with Crippen LogP contribution in [0.3, 0.4) is 0 Å². The average molecular weight is 274 g/mol. The first-order valence-corrected chi connectivity index (χ1v) is 7.42. The number of H-pyrrole nitrogens is 1. The van der Waals surface area contributed by atoms with E-state index in [1.54, 1.807) is 0 Å². The predicted molar refractivity (Wildman–Crippen MR) is 76.5 cm³/mol. The van der Waals surface area contributed by atoms with Crippen LogP contribution in [0.2, 0.25) is 0 Å². The van der Waals surface area contributed by atoms with E-state index in [0.717, 1.165) is 43.4 Å². The maximum Gasteiger partial charge on any atom is 0.208 e. The van der Waals surface area contributed by atoms with Crippen LogP contribution in [0.15, 0.2) is 16.7 Å². The Morgan fingerprint density at radius 2 is 2.40 bits per heavy atom. The van der Waals surface area contributed by atoms with Crippen molar-refractivity contribution in [3.8, 4) is 0 Å². The molecule has 3 rings (SSSR count). The molecule has 0 spiro atoms. The van der Waals surface area contributed by atoms with Crippen molar-refractivity contribution in [2.24, 2.45) is 0 Å². The molecular weight excluding hydrogens is 252 g/mol. The third-order valence-corrected chi connectivity index (χ3v) is 3.96. The van der Waals surface area contributed by atoms with Crippen LogP contribution in [-0.2, 0) is 13.0 Å². The van der Waals surface area contributed by atoms with Crippen LogP contribution < -0.4 is 0 Å². The number of hydrogen-bond acceptors (Lipinski definition) is 4. The molecule has 1 aliphatic heterocycles. The molecule has 0 bridgehead atoms. The van der Waals surface area contributed by atoms with Crippen molar-refractivity contribution < 1.29 is 4.42 Å². The highest BCUT2D eigenvalue weighted by Gasteiger charge is 2.24. The van der Waals surface area contributed by atoms with E-state index in [-0.39, 0.29) is 0 Å². The van der Waals surface area contributed by atoms with Crippen LogP contribution in [0.5, 0.6) is 0 Å². The zero-order valence-electron chi connectivity index (χ0n) is 12.2. The topological polar surface area (TPSA) is 58.0 Å². The van der Waals surface area contributed by atoms with Crippen molar-refractivity contribution in [1.82, 2.24) is 20.1 Å². The van der Waals surface area contributed by atoms with E-state index in [2.05, 4.69) is 40.0 Å². The monoisotopic (exact) mass is 274 g/mol. The van der Waals surface area contributed by atoms with Crippen molar-refractivity contribution in [2.45, 2.75) is 45.6 Å². The summed E-state index contributed by atoms with van der Waals surface area (Å²) in [5.74, 6) is 2.33. The highest BCUT2D eigenvalue weighted by Crippen LogP contribution is 2.26. The molecule has 1 aliphatic rings. The molecule has 108 valence electrons. The number of nitrogens with one attached hydrogen (secondary N) is 1. The first-order chi connectivity index (χ1) is 9.74.